The number of rotatable bonds is 2. The van der Waals surface area contributed by atoms with E-state index in [2.05, 4.69) is 9.72 Å². The van der Waals surface area contributed by atoms with Crippen LogP contribution in [-0.2, 0) is 0 Å². The monoisotopic (exact) mass is 354 g/mol. The number of alkyl halides is 5. The maximum absolute atomic E-state index is 12.3. The van der Waals surface area contributed by atoms with Crippen LogP contribution in [0.4, 0.5) is 27.8 Å². The fourth-order valence-corrected chi connectivity index (χ4v) is 1.40. The van der Waals surface area contributed by atoms with Gasteiger partial charge in [-0.3, -0.25) is 0 Å². The molecule has 0 aliphatic rings. The molecule has 16 heavy (non-hydrogen) atoms. The fraction of sp³-hybridized carbons (Fsp3) is 0.286. The van der Waals surface area contributed by atoms with Gasteiger partial charge in [0.05, 0.1) is 5.56 Å². The van der Waals surface area contributed by atoms with Crippen molar-refractivity contribution in [3.63, 3.8) is 0 Å². The molecule has 1 rings (SSSR count). The smallest absolute Gasteiger partial charge is 0.403 e. The zero-order valence-corrected chi connectivity index (χ0v) is 9.51. The number of hydrogen-bond acceptors (Lipinski definition) is 3. The van der Waals surface area contributed by atoms with Crippen LogP contribution in [0.3, 0.4) is 0 Å². The second-order valence-electron chi connectivity index (χ2n) is 2.60. The Morgan fingerprint density at radius 2 is 1.94 bits per heavy atom. The molecule has 0 unspecified atom stereocenters. The normalized spacial score (nSPS) is 11.9. The number of nitrogens with zero attached hydrogens (tertiary/aromatic N) is 1. The summed E-state index contributed by atoms with van der Waals surface area (Å²) < 4.78 is 63.6. The van der Waals surface area contributed by atoms with Crippen LogP contribution in [-0.4, -0.2) is 11.3 Å². The highest BCUT2D eigenvalue weighted by molar-refractivity contribution is 14.1. The van der Waals surface area contributed by atoms with E-state index in [0.717, 1.165) is 0 Å². The number of aromatic nitrogens is 1. The number of nitrogens with two attached hydrogens (primary N) is 1. The summed E-state index contributed by atoms with van der Waals surface area (Å²) in [6, 6.07) is 0.530. The van der Waals surface area contributed by atoms with Crippen molar-refractivity contribution in [2.45, 2.75) is 12.8 Å². The first-order chi connectivity index (χ1) is 7.20. The lowest BCUT2D eigenvalue weighted by atomic mass is 10.2. The Kier molecular flexibility index (Phi) is 3.76. The molecule has 0 fully saturated rings. The standard InChI is InChI=1S/C7H4F5IN2O/c8-4(9)2-1-3(16-7(10,11)12)5(13)15-6(2)14/h1,4H,(H2,14,15). The Bertz CT molecular complexity index is 395. The Labute approximate surface area is 99.9 Å². The molecule has 1 aromatic heterocycles. The molecule has 9 heteroatoms. The van der Waals surface area contributed by atoms with Gasteiger partial charge in [-0.1, -0.05) is 0 Å². The van der Waals surface area contributed by atoms with E-state index in [-0.39, 0.29) is 3.70 Å². The number of nitrogen functional groups attached to an aromatic ring is 1. The highest BCUT2D eigenvalue weighted by Crippen LogP contribution is 2.33. The van der Waals surface area contributed by atoms with E-state index >= 15 is 0 Å². The summed E-state index contributed by atoms with van der Waals surface area (Å²) in [5.74, 6) is -1.31. The van der Waals surface area contributed by atoms with Crippen LogP contribution in [0.2, 0.25) is 0 Å². The van der Waals surface area contributed by atoms with Gasteiger partial charge in [0.1, 0.15) is 9.52 Å². The first-order valence-electron chi connectivity index (χ1n) is 3.70. The van der Waals surface area contributed by atoms with Crippen molar-refractivity contribution in [2.24, 2.45) is 0 Å². The van der Waals surface area contributed by atoms with Crippen LogP contribution in [0, 0.1) is 3.70 Å². The molecule has 0 aliphatic carbocycles. The average Bonchev–Trinajstić information content (AvgIpc) is 2.07. The SMILES string of the molecule is Nc1nc(I)c(OC(F)(F)F)cc1C(F)F. The topological polar surface area (TPSA) is 48.1 Å². The van der Waals surface area contributed by atoms with Crippen molar-refractivity contribution >= 4 is 28.4 Å². The number of pyridine rings is 1. The molecule has 1 aromatic rings. The molecule has 0 saturated heterocycles. The lowest BCUT2D eigenvalue weighted by Gasteiger charge is -2.12. The van der Waals surface area contributed by atoms with Crippen LogP contribution < -0.4 is 10.5 Å². The van der Waals surface area contributed by atoms with Gasteiger partial charge < -0.3 is 10.5 Å². The van der Waals surface area contributed by atoms with E-state index < -0.39 is 29.9 Å². The molecule has 0 bridgehead atoms. The average molecular weight is 354 g/mol. The van der Waals surface area contributed by atoms with Gasteiger partial charge in [-0.2, -0.15) is 0 Å². The lowest BCUT2D eigenvalue weighted by molar-refractivity contribution is -0.275. The molecule has 0 atom stereocenters. The first kappa shape index (κ1) is 13.2. The predicted molar refractivity (Wildman–Crippen MR) is 53.0 cm³/mol. The largest absolute Gasteiger partial charge is 0.573 e. The molecular weight excluding hydrogens is 350 g/mol. The number of anilines is 1. The number of ether oxygens (including phenoxy) is 1. The summed E-state index contributed by atoms with van der Waals surface area (Å²) in [5.41, 5.74) is 4.33. The van der Waals surface area contributed by atoms with E-state index in [1.54, 1.807) is 0 Å². The second kappa shape index (κ2) is 4.55. The van der Waals surface area contributed by atoms with Gasteiger partial charge >= 0.3 is 6.36 Å². The highest BCUT2D eigenvalue weighted by atomic mass is 127. The van der Waals surface area contributed by atoms with Crippen molar-refractivity contribution in [3.05, 3.63) is 15.3 Å². The van der Waals surface area contributed by atoms with Crippen LogP contribution in [0.5, 0.6) is 5.75 Å². The molecule has 0 radical (unpaired) electrons. The summed E-state index contributed by atoms with van der Waals surface area (Å²) >= 11 is 1.41. The quantitative estimate of drug-likeness (QED) is 0.505. The maximum atomic E-state index is 12.3. The minimum absolute atomic E-state index is 0.239. The highest BCUT2D eigenvalue weighted by Gasteiger charge is 2.33. The van der Waals surface area contributed by atoms with Gasteiger partial charge in [-0.15, -0.1) is 13.2 Å². The summed E-state index contributed by atoms with van der Waals surface area (Å²) in [5, 5.41) is 0. The lowest BCUT2D eigenvalue weighted by Crippen LogP contribution is -2.18. The van der Waals surface area contributed by atoms with Crippen LogP contribution in [0.15, 0.2) is 6.07 Å². The van der Waals surface area contributed by atoms with E-state index in [0.29, 0.717) is 6.07 Å². The van der Waals surface area contributed by atoms with Crippen molar-refractivity contribution < 1.29 is 26.7 Å². The van der Waals surface area contributed by atoms with Crippen molar-refractivity contribution in [1.82, 2.24) is 4.98 Å². The Morgan fingerprint density at radius 3 is 2.38 bits per heavy atom. The zero-order valence-electron chi connectivity index (χ0n) is 7.36. The summed E-state index contributed by atoms with van der Waals surface area (Å²) in [7, 11) is 0. The van der Waals surface area contributed by atoms with Gasteiger partial charge in [0.2, 0.25) is 0 Å². The van der Waals surface area contributed by atoms with E-state index in [9.17, 15) is 22.0 Å². The molecular formula is C7H4F5IN2O. The van der Waals surface area contributed by atoms with Crippen LogP contribution in [0.25, 0.3) is 0 Å². The maximum Gasteiger partial charge on any atom is 0.573 e. The van der Waals surface area contributed by atoms with Gasteiger partial charge in [0, 0.05) is 0 Å². The fourth-order valence-electron chi connectivity index (χ4n) is 0.871. The van der Waals surface area contributed by atoms with E-state index in [1.807, 2.05) is 0 Å². The van der Waals surface area contributed by atoms with Gasteiger partial charge in [0.25, 0.3) is 6.43 Å². The van der Waals surface area contributed by atoms with Crippen molar-refractivity contribution in [2.75, 3.05) is 5.73 Å². The number of hydrogen-bond donors (Lipinski definition) is 1. The molecule has 1 heterocycles. The Morgan fingerprint density at radius 1 is 1.38 bits per heavy atom. The summed E-state index contributed by atoms with van der Waals surface area (Å²) in [4.78, 5) is 3.34. The Hall–Kier alpha value is -0.870. The third-order valence-corrected chi connectivity index (χ3v) is 2.24. The third-order valence-electron chi connectivity index (χ3n) is 1.47. The minimum atomic E-state index is -4.96. The minimum Gasteiger partial charge on any atom is -0.403 e. The molecule has 0 aromatic carbocycles. The molecule has 2 N–H and O–H groups in total. The first-order valence-corrected chi connectivity index (χ1v) is 4.78. The molecule has 0 saturated carbocycles. The molecule has 0 amide bonds. The van der Waals surface area contributed by atoms with Crippen LogP contribution in [0.1, 0.15) is 12.0 Å². The second-order valence-corrected chi connectivity index (χ2v) is 3.62. The molecule has 0 spiro atoms. The van der Waals surface area contributed by atoms with Gasteiger partial charge in [0.15, 0.2) is 5.75 Å². The zero-order chi connectivity index (χ0) is 12.5. The molecule has 3 nitrogen and oxygen atoms in total. The van der Waals surface area contributed by atoms with Gasteiger partial charge in [-0.25, -0.2) is 13.8 Å². The molecule has 90 valence electrons. The van der Waals surface area contributed by atoms with E-state index in [1.165, 1.54) is 22.6 Å². The molecule has 0 aliphatic heterocycles. The summed E-state index contributed by atoms with van der Waals surface area (Å²) in [6.07, 6.45) is -7.98. The van der Waals surface area contributed by atoms with E-state index in [4.69, 9.17) is 5.73 Å². The van der Waals surface area contributed by atoms with Crippen molar-refractivity contribution in [1.29, 1.82) is 0 Å². The summed E-state index contributed by atoms with van der Waals surface area (Å²) in [6.45, 7) is 0. The van der Waals surface area contributed by atoms with Crippen LogP contribution >= 0.6 is 22.6 Å². The third kappa shape index (κ3) is 3.32. The Balaban J connectivity index is 3.15. The van der Waals surface area contributed by atoms with Gasteiger partial charge in [-0.05, 0) is 28.7 Å². The van der Waals surface area contributed by atoms with Crippen molar-refractivity contribution in [3.8, 4) is 5.75 Å². The number of halogens is 6. The predicted octanol–water partition coefficient (Wildman–Crippen LogP) is 3.10.